The third-order valence-corrected chi connectivity index (χ3v) is 8.73. The van der Waals surface area contributed by atoms with Gasteiger partial charge in [0.05, 0.1) is 12.2 Å². The van der Waals surface area contributed by atoms with E-state index in [1.54, 1.807) is 6.92 Å². The number of anilines is 1. The molecular formula is C34H46N6O4. The van der Waals surface area contributed by atoms with Crippen LogP contribution in [0.5, 0.6) is 0 Å². The number of benzene rings is 2. The molecule has 0 bridgehead atoms. The van der Waals surface area contributed by atoms with Crippen molar-refractivity contribution in [2.75, 3.05) is 44.2 Å². The van der Waals surface area contributed by atoms with Crippen LogP contribution in [-0.2, 0) is 16.1 Å². The number of amides is 1. The van der Waals surface area contributed by atoms with Gasteiger partial charge in [0.25, 0.3) is 5.91 Å². The van der Waals surface area contributed by atoms with Crippen LogP contribution < -0.4 is 15.7 Å². The maximum absolute atomic E-state index is 13.5. The predicted octanol–water partition coefficient (Wildman–Crippen LogP) is 4.45. The van der Waals surface area contributed by atoms with Crippen LogP contribution in [0.2, 0.25) is 0 Å². The number of Topliss-reactive ketones (excluding diaryl/α,β-unsaturated/α-hetero) is 1. The van der Waals surface area contributed by atoms with E-state index in [4.69, 9.17) is 9.57 Å². The second-order valence-corrected chi connectivity index (χ2v) is 12.3. The van der Waals surface area contributed by atoms with Gasteiger partial charge < -0.3 is 19.9 Å². The molecule has 10 nitrogen and oxygen atoms in total. The van der Waals surface area contributed by atoms with Gasteiger partial charge in [-0.25, -0.2) is 20.3 Å². The lowest BCUT2D eigenvalue weighted by Gasteiger charge is -2.21. The third kappa shape index (κ3) is 7.61. The molecule has 1 aliphatic heterocycles. The molecule has 1 amide bonds. The van der Waals surface area contributed by atoms with Crippen LogP contribution in [-0.4, -0.2) is 78.2 Å². The number of hydrogen-bond donors (Lipinski definition) is 2. The highest BCUT2D eigenvalue weighted by Crippen LogP contribution is 2.46. The van der Waals surface area contributed by atoms with Gasteiger partial charge in [0, 0.05) is 56.6 Å². The molecule has 0 spiro atoms. The number of ether oxygens (including phenoxy) is 1. The summed E-state index contributed by atoms with van der Waals surface area (Å²) in [6.07, 6.45) is 3.02. The lowest BCUT2D eigenvalue weighted by atomic mass is 9.94. The average molecular weight is 603 g/mol. The van der Waals surface area contributed by atoms with Crippen molar-refractivity contribution in [1.82, 2.24) is 25.7 Å². The summed E-state index contributed by atoms with van der Waals surface area (Å²) in [5.74, 6) is 1.81. The molecule has 236 valence electrons. The van der Waals surface area contributed by atoms with Gasteiger partial charge in [-0.1, -0.05) is 64.1 Å². The Kier molecular flexibility index (Phi) is 10.6. The number of fused-ring (bicyclic) bond motifs is 2. The van der Waals surface area contributed by atoms with Gasteiger partial charge >= 0.3 is 0 Å². The van der Waals surface area contributed by atoms with Crippen molar-refractivity contribution < 1.29 is 19.2 Å². The SMILES string of the molecule is CCN(CC)CCC(=O)c1c(CNC2C3CN(c4ncc(C(=O)NOC(C)OCC(C)C)cn4)CC32)ccc2ccccc12. The molecule has 3 unspecified atom stereocenters. The fourth-order valence-corrected chi connectivity index (χ4v) is 6.10. The summed E-state index contributed by atoms with van der Waals surface area (Å²) in [5, 5.41) is 5.88. The number of hydrogen-bond acceptors (Lipinski definition) is 9. The molecule has 0 radical (unpaired) electrons. The van der Waals surface area contributed by atoms with Crippen molar-refractivity contribution in [3.63, 3.8) is 0 Å². The third-order valence-electron chi connectivity index (χ3n) is 8.73. The largest absolute Gasteiger partial charge is 0.350 e. The Morgan fingerprint density at radius 1 is 1.02 bits per heavy atom. The van der Waals surface area contributed by atoms with E-state index in [-0.39, 0.29) is 5.78 Å². The monoisotopic (exact) mass is 602 g/mol. The van der Waals surface area contributed by atoms with E-state index in [1.807, 2.05) is 26.0 Å². The molecule has 1 saturated heterocycles. The first kappa shape index (κ1) is 32.0. The van der Waals surface area contributed by atoms with Crippen LogP contribution in [0.1, 0.15) is 67.3 Å². The van der Waals surface area contributed by atoms with Crippen LogP contribution >= 0.6 is 0 Å². The molecule has 44 heavy (non-hydrogen) atoms. The number of hydroxylamine groups is 1. The van der Waals surface area contributed by atoms with E-state index < -0.39 is 12.2 Å². The van der Waals surface area contributed by atoms with Gasteiger partial charge in [0.2, 0.25) is 5.95 Å². The van der Waals surface area contributed by atoms with Crippen LogP contribution in [0.4, 0.5) is 5.95 Å². The molecule has 10 heteroatoms. The predicted molar refractivity (Wildman–Crippen MR) is 171 cm³/mol. The highest BCUT2D eigenvalue weighted by Gasteiger charge is 2.56. The molecule has 2 heterocycles. The van der Waals surface area contributed by atoms with Crippen LogP contribution in [0.3, 0.4) is 0 Å². The zero-order valence-electron chi connectivity index (χ0n) is 26.6. The second kappa shape index (κ2) is 14.6. The Morgan fingerprint density at radius 3 is 2.41 bits per heavy atom. The van der Waals surface area contributed by atoms with E-state index in [0.717, 1.165) is 54.6 Å². The fraction of sp³-hybridized carbons (Fsp3) is 0.529. The maximum Gasteiger partial charge on any atom is 0.278 e. The first-order valence-corrected chi connectivity index (χ1v) is 15.9. The minimum absolute atomic E-state index is 0.211. The summed E-state index contributed by atoms with van der Waals surface area (Å²) in [4.78, 5) is 44.6. The van der Waals surface area contributed by atoms with E-state index in [1.165, 1.54) is 12.4 Å². The molecule has 2 aromatic carbocycles. The van der Waals surface area contributed by atoms with Crippen molar-refractivity contribution >= 4 is 28.4 Å². The lowest BCUT2D eigenvalue weighted by Crippen LogP contribution is -2.33. The molecular weight excluding hydrogens is 556 g/mol. The Labute approximate surface area is 260 Å². The number of nitrogens with zero attached hydrogens (tertiary/aromatic N) is 4. The Bertz CT molecular complexity index is 1420. The molecule has 5 rings (SSSR count). The normalized spacial score (nSPS) is 19.9. The minimum atomic E-state index is -0.551. The summed E-state index contributed by atoms with van der Waals surface area (Å²) in [6, 6.07) is 12.8. The number of rotatable bonds is 16. The summed E-state index contributed by atoms with van der Waals surface area (Å²) < 4.78 is 5.50. The van der Waals surface area contributed by atoms with Crippen LogP contribution in [0.25, 0.3) is 10.8 Å². The minimum Gasteiger partial charge on any atom is -0.350 e. The highest BCUT2D eigenvalue weighted by molar-refractivity contribution is 6.09. The molecule has 3 atom stereocenters. The molecule has 1 saturated carbocycles. The zero-order valence-corrected chi connectivity index (χ0v) is 26.6. The van der Waals surface area contributed by atoms with E-state index in [9.17, 15) is 9.59 Å². The van der Waals surface area contributed by atoms with Gasteiger partial charge in [0.1, 0.15) is 0 Å². The first-order chi connectivity index (χ1) is 21.3. The number of carbonyl (C=O) groups is 2. The van der Waals surface area contributed by atoms with Crippen molar-refractivity contribution in [1.29, 1.82) is 0 Å². The first-order valence-electron chi connectivity index (χ1n) is 15.9. The molecule has 3 aromatic rings. The Hall–Kier alpha value is -3.44. The van der Waals surface area contributed by atoms with Crippen LogP contribution in [0.15, 0.2) is 48.8 Å². The van der Waals surface area contributed by atoms with E-state index in [2.05, 4.69) is 68.7 Å². The number of ketones is 1. The summed E-state index contributed by atoms with van der Waals surface area (Å²) in [6.45, 7) is 15.7. The van der Waals surface area contributed by atoms with Gasteiger partial charge in [0.15, 0.2) is 12.1 Å². The summed E-state index contributed by atoms with van der Waals surface area (Å²) in [7, 11) is 0. The number of piperidine rings is 1. The fourth-order valence-electron chi connectivity index (χ4n) is 6.10. The molecule has 1 aromatic heterocycles. The number of aromatic nitrogens is 2. The quantitative estimate of drug-likeness (QED) is 0.140. The van der Waals surface area contributed by atoms with Crippen molar-refractivity contribution in [3.8, 4) is 0 Å². The van der Waals surface area contributed by atoms with E-state index >= 15 is 0 Å². The summed E-state index contributed by atoms with van der Waals surface area (Å²) in [5.41, 5.74) is 4.66. The second-order valence-electron chi connectivity index (χ2n) is 12.3. The van der Waals surface area contributed by atoms with E-state index in [0.29, 0.717) is 54.9 Å². The molecule has 2 N–H and O–H groups in total. The molecule has 2 fully saturated rings. The van der Waals surface area contributed by atoms with Gasteiger partial charge in [-0.3, -0.25) is 9.59 Å². The molecule has 2 aliphatic rings. The molecule has 1 aliphatic carbocycles. The Balaban J connectivity index is 1.13. The van der Waals surface area contributed by atoms with Gasteiger partial charge in [-0.2, -0.15) is 0 Å². The summed E-state index contributed by atoms with van der Waals surface area (Å²) >= 11 is 0. The Morgan fingerprint density at radius 2 is 1.73 bits per heavy atom. The van der Waals surface area contributed by atoms with Crippen LogP contribution in [0, 0.1) is 17.8 Å². The van der Waals surface area contributed by atoms with Gasteiger partial charge in [-0.15, -0.1) is 0 Å². The van der Waals surface area contributed by atoms with Crippen molar-refractivity contribution in [2.24, 2.45) is 17.8 Å². The average Bonchev–Trinajstić information content (AvgIpc) is 3.48. The topological polar surface area (TPSA) is 109 Å². The highest BCUT2D eigenvalue weighted by atomic mass is 16.8. The maximum atomic E-state index is 13.5. The van der Waals surface area contributed by atoms with Crippen molar-refractivity contribution in [3.05, 3.63) is 65.5 Å². The van der Waals surface area contributed by atoms with Crippen molar-refractivity contribution in [2.45, 2.75) is 59.9 Å². The number of carbonyl (C=O) groups excluding carboxylic acids is 2. The zero-order chi connectivity index (χ0) is 31.2. The van der Waals surface area contributed by atoms with Gasteiger partial charge in [-0.05, 0) is 54.1 Å². The lowest BCUT2D eigenvalue weighted by molar-refractivity contribution is -0.163. The standard InChI is InChI=1S/C34H46N6O4/c1-6-39(7-2)15-14-30(41)31-25(13-12-24-10-8-9-11-27(24)31)16-35-32-28-19-40(20-29(28)32)34-36-17-26(18-37-34)33(42)38-44-23(5)43-21-22(3)4/h8-13,17-18,22-23,28-29,32,35H,6-7,14-16,19-21H2,1-5H3,(H,38,42). The number of nitrogens with one attached hydrogen (secondary N) is 2. The smallest absolute Gasteiger partial charge is 0.278 e.